The van der Waals surface area contributed by atoms with Crippen LogP contribution in [0.4, 0.5) is 0 Å². The van der Waals surface area contributed by atoms with Crippen LogP contribution in [0, 0.1) is 0 Å². The fourth-order valence-electron chi connectivity index (χ4n) is 2.03. The van der Waals surface area contributed by atoms with Crippen LogP contribution < -0.4 is 5.73 Å². The molecule has 1 unspecified atom stereocenters. The molecular formula is C16H25NO5S. The maximum atomic E-state index is 12.6. The van der Waals surface area contributed by atoms with Gasteiger partial charge in [-0.2, -0.15) is 8.42 Å². The molecule has 0 aliphatic heterocycles. The molecule has 1 aromatic carbocycles. The summed E-state index contributed by atoms with van der Waals surface area (Å²) >= 11 is 0. The summed E-state index contributed by atoms with van der Waals surface area (Å²) in [6.45, 7) is 5.27. The smallest absolute Gasteiger partial charge is 0.331 e. The number of benzene rings is 1. The molecule has 0 heterocycles. The van der Waals surface area contributed by atoms with Gasteiger partial charge in [0.05, 0.1) is 12.9 Å². The second kappa shape index (κ2) is 7.42. The van der Waals surface area contributed by atoms with Crippen molar-refractivity contribution in [3.63, 3.8) is 0 Å². The molecule has 23 heavy (non-hydrogen) atoms. The quantitative estimate of drug-likeness (QED) is 0.462. The Morgan fingerprint density at radius 3 is 2.22 bits per heavy atom. The molecule has 1 rings (SSSR count). The summed E-state index contributed by atoms with van der Waals surface area (Å²) in [6.07, 6.45) is 1.49. The van der Waals surface area contributed by atoms with E-state index in [4.69, 9.17) is 14.7 Å². The standard InChI is InChI=1S/C16H25NO5S/c1-15(2,3)22-14(18)16(17,13-9-6-5-7-10-13)11-8-12-21-23(4,19)20/h5-7,9-10H,8,11-12,17H2,1-4H3. The molecule has 1 aromatic rings. The van der Waals surface area contributed by atoms with Crippen LogP contribution in [0.1, 0.15) is 39.2 Å². The van der Waals surface area contributed by atoms with Gasteiger partial charge in [-0.25, -0.2) is 4.79 Å². The zero-order valence-corrected chi connectivity index (χ0v) is 14.9. The first-order valence-corrected chi connectivity index (χ1v) is 9.18. The first kappa shape index (κ1) is 19.6. The molecule has 0 radical (unpaired) electrons. The summed E-state index contributed by atoms with van der Waals surface area (Å²) in [5.41, 5.74) is 4.94. The lowest BCUT2D eigenvalue weighted by molar-refractivity contribution is -0.162. The molecule has 0 saturated carbocycles. The van der Waals surface area contributed by atoms with Gasteiger partial charge in [0.15, 0.2) is 0 Å². The molecule has 0 saturated heterocycles. The van der Waals surface area contributed by atoms with Gasteiger partial charge in [-0.3, -0.25) is 4.18 Å². The van der Waals surface area contributed by atoms with E-state index >= 15 is 0 Å². The highest BCUT2D eigenvalue weighted by atomic mass is 32.2. The minimum Gasteiger partial charge on any atom is -0.458 e. The molecule has 1 atom stereocenters. The Morgan fingerprint density at radius 1 is 1.17 bits per heavy atom. The normalized spacial score (nSPS) is 15.0. The van der Waals surface area contributed by atoms with Crippen LogP contribution >= 0.6 is 0 Å². The van der Waals surface area contributed by atoms with Gasteiger partial charge in [0.25, 0.3) is 10.1 Å². The molecular weight excluding hydrogens is 318 g/mol. The van der Waals surface area contributed by atoms with Crippen molar-refractivity contribution in [2.75, 3.05) is 12.9 Å². The van der Waals surface area contributed by atoms with Crippen LogP contribution in [0.25, 0.3) is 0 Å². The lowest BCUT2D eigenvalue weighted by Gasteiger charge is -2.31. The predicted molar refractivity (Wildman–Crippen MR) is 88.2 cm³/mol. The molecule has 0 fully saturated rings. The Labute approximate surface area is 138 Å². The number of carbonyl (C=O) groups excluding carboxylic acids is 1. The van der Waals surface area contributed by atoms with Crippen LogP contribution in [-0.4, -0.2) is 32.9 Å². The van der Waals surface area contributed by atoms with E-state index < -0.39 is 27.2 Å². The highest BCUT2D eigenvalue weighted by Gasteiger charge is 2.39. The van der Waals surface area contributed by atoms with Gasteiger partial charge in [0, 0.05) is 0 Å². The summed E-state index contributed by atoms with van der Waals surface area (Å²) in [5, 5.41) is 0. The van der Waals surface area contributed by atoms with Gasteiger partial charge in [0.1, 0.15) is 11.1 Å². The van der Waals surface area contributed by atoms with Gasteiger partial charge in [-0.15, -0.1) is 0 Å². The molecule has 0 aliphatic rings. The van der Waals surface area contributed by atoms with Crippen molar-refractivity contribution in [1.82, 2.24) is 0 Å². The minimum atomic E-state index is -3.51. The van der Waals surface area contributed by atoms with Crippen molar-refractivity contribution >= 4 is 16.1 Å². The van der Waals surface area contributed by atoms with E-state index in [-0.39, 0.29) is 13.0 Å². The SMILES string of the molecule is CC(C)(C)OC(=O)C(N)(CCCOS(C)(=O)=O)c1ccccc1. The minimum absolute atomic E-state index is 0.0343. The van der Waals surface area contributed by atoms with E-state index in [0.717, 1.165) is 6.26 Å². The second-order valence-corrected chi connectivity index (χ2v) is 8.11. The lowest BCUT2D eigenvalue weighted by atomic mass is 9.86. The van der Waals surface area contributed by atoms with Crippen molar-refractivity contribution in [3.05, 3.63) is 35.9 Å². The number of ether oxygens (including phenoxy) is 1. The first-order chi connectivity index (χ1) is 10.4. The fraction of sp³-hybridized carbons (Fsp3) is 0.562. The van der Waals surface area contributed by atoms with Crippen molar-refractivity contribution in [2.24, 2.45) is 5.73 Å². The van der Waals surface area contributed by atoms with Gasteiger partial charge < -0.3 is 10.5 Å². The van der Waals surface area contributed by atoms with E-state index in [1.165, 1.54) is 0 Å². The Bertz CT molecular complexity index is 622. The highest BCUT2D eigenvalue weighted by molar-refractivity contribution is 7.85. The molecule has 0 aromatic heterocycles. The monoisotopic (exact) mass is 343 g/mol. The summed E-state index contributed by atoms with van der Waals surface area (Å²) in [7, 11) is -3.51. The maximum absolute atomic E-state index is 12.6. The average molecular weight is 343 g/mol. The molecule has 0 aliphatic carbocycles. The van der Waals surface area contributed by atoms with Crippen LogP contribution in [0.15, 0.2) is 30.3 Å². The van der Waals surface area contributed by atoms with Gasteiger partial charge in [-0.05, 0) is 39.2 Å². The topological polar surface area (TPSA) is 95.7 Å². The van der Waals surface area contributed by atoms with Crippen LogP contribution in [0.5, 0.6) is 0 Å². The molecule has 2 N–H and O–H groups in total. The highest BCUT2D eigenvalue weighted by Crippen LogP contribution is 2.27. The summed E-state index contributed by atoms with van der Waals surface area (Å²) in [6, 6.07) is 8.90. The average Bonchev–Trinajstić information content (AvgIpc) is 2.41. The Morgan fingerprint density at radius 2 is 1.74 bits per heavy atom. The third-order valence-corrected chi connectivity index (χ3v) is 3.66. The van der Waals surface area contributed by atoms with Crippen molar-refractivity contribution in [1.29, 1.82) is 0 Å². The number of hydrogen-bond donors (Lipinski definition) is 1. The molecule has 0 amide bonds. The molecule has 0 bridgehead atoms. The molecule has 6 nitrogen and oxygen atoms in total. The van der Waals surface area contributed by atoms with Gasteiger partial charge >= 0.3 is 5.97 Å². The molecule has 130 valence electrons. The Balaban J connectivity index is 2.91. The van der Waals surface area contributed by atoms with Crippen molar-refractivity contribution in [3.8, 4) is 0 Å². The van der Waals surface area contributed by atoms with E-state index in [2.05, 4.69) is 0 Å². The van der Waals surface area contributed by atoms with Crippen LogP contribution in [0.3, 0.4) is 0 Å². The Kier molecular flexibility index (Phi) is 6.33. The van der Waals surface area contributed by atoms with E-state index in [1.54, 1.807) is 45.0 Å². The van der Waals surface area contributed by atoms with E-state index in [1.807, 2.05) is 6.07 Å². The maximum Gasteiger partial charge on any atom is 0.331 e. The summed E-state index contributed by atoms with van der Waals surface area (Å²) < 4.78 is 32.1. The number of carbonyl (C=O) groups is 1. The van der Waals surface area contributed by atoms with Crippen molar-refractivity contribution < 1.29 is 22.1 Å². The second-order valence-electron chi connectivity index (χ2n) is 6.47. The zero-order chi connectivity index (χ0) is 17.7. The van der Waals surface area contributed by atoms with E-state index in [0.29, 0.717) is 12.0 Å². The fourth-order valence-corrected chi connectivity index (χ4v) is 2.45. The third-order valence-electron chi connectivity index (χ3n) is 3.06. The lowest BCUT2D eigenvalue weighted by Crippen LogP contribution is -2.48. The number of hydrogen-bond acceptors (Lipinski definition) is 6. The van der Waals surface area contributed by atoms with Crippen LogP contribution in [0.2, 0.25) is 0 Å². The van der Waals surface area contributed by atoms with E-state index in [9.17, 15) is 13.2 Å². The largest absolute Gasteiger partial charge is 0.458 e. The molecule has 7 heteroatoms. The Hall–Kier alpha value is -1.44. The third kappa shape index (κ3) is 6.68. The van der Waals surface area contributed by atoms with Gasteiger partial charge in [-0.1, -0.05) is 30.3 Å². The number of nitrogens with two attached hydrogens (primary N) is 1. The predicted octanol–water partition coefficient (Wildman–Crippen LogP) is 1.94. The van der Waals surface area contributed by atoms with Crippen molar-refractivity contribution in [2.45, 2.75) is 44.8 Å². The number of rotatable bonds is 7. The van der Waals surface area contributed by atoms with Crippen LogP contribution in [-0.2, 0) is 29.4 Å². The first-order valence-electron chi connectivity index (χ1n) is 7.36. The zero-order valence-electron chi connectivity index (χ0n) is 14.0. The number of esters is 1. The molecule has 0 spiro atoms. The summed E-state index contributed by atoms with van der Waals surface area (Å²) in [5.74, 6) is -0.546. The van der Waals surface area contributed by atoms with Gasteiger partial charge in [0.2, 0.25) is 0 Å². The summed E-state index contributed by atoms with van der Waals surface area (Å²) in [4.78, 5) is 12.6.